The fraction of sp³-hybridized carbons (Fsp3) is 0.286. The molecule has 2 nitrogen and oxygen atoms in total. The van der Waals surface area contributed by atoms with Crippen LogP contribution in [-0.2, 0) is 0 Å². The quantitative estimate of drug-likeness (QED) is 0.786. The van der Waals surface area contributed by atoms with E-state index in [1.165, 1.54) is 16.3 Å². The molecule has 1 atom stereocenters. The van der Waals surface area contributed by atoms with Crippen molar-refractivity contribution in [2.45, 2.75) is 12.5 Å². The molecule has 2 aromatic carbocycles. The van der Waals surface area contributed by atoms with E-state index in [1.807, 2.05) is 7.05 Å². The summed E-state index contributed by atoms with van der Waals surface area (Å²) in [5, 5.41) is 5.82. The minimum absolute atomic E-state index is 0.424. The van der Waals surface area contributed by atoms with Crippen molar-refractivity contribution in [1.29, 1.82) is 0 Å². The Balaban J connectivity index is 2.26. The van der Waals surface area contributed by atoms with Crippen LogP contribution < -0.4 is 10.1 Å². The highest BCUT2D eigenvalue weighted by molar-refractivity contribution is 5.89. The topological polar surface area (TPSA) is 21.3 Å². The lowest BCUT2D eigenvalue weighted by Crippen LogP contribution is -2.24. The SMILES string of the molecule is CNC1CCOc2c1ccc1ccccc21. The summed E-state index contributed by atoms with van der Waals surface area (Å²) in [6.45, 7) is 0.798. The molecule has 2 heteroatoms. The molecule has 0 saturated carbocycles. The van der Waals surface area contributed by atoms with Gasteiger partial charge in [-0.1, -0.05) is 36.4 Å². The molecule has 2 aromatic rings. The number of ether oxygens (including phenoxy) is 1. The molecule has 82 valence electrons. The van der Waals surface area contributed by atoms with Crippen molar-refractivity contribution in [2.24, 2.45) is 0 Å². The van der Waals surface area contributed by atoms with Crippen molar-refractivity contribution in [3.8, 4) is 5.75 Å². The van der Waals surface area contributed by atoms with Gasteiger partial charge in [-0.05, 0) is 12.4 Å². The first-order valence-corrected chi connectivity index (χ1v) is 5.72. The summed E-state index contributed by atoms with van der Waals surface area (Å²) >= 11 is 0. The zero-order valence-electron chi connectivity index (χ0n) is 9.36. The van der Waals surface area contributed by atoms with Crippen LogP contribution in [0.15, 0.2) is 36.4 Å². The number of fused-ring (bicyclic) bond motifs is 3. The van der Waals surface area contributed by atoms with Crippen molar-refractivity contribution in [3.63, 3.8) is 0 Å². The number of hydrogen-bond acceptors (Lipinski definition) is 2. The second-order valence-corrected chi connectivity index (χ2v) is 4.18. The molecule has 0 bridgehead atoms. The molecular formula is C14H15NO. The van der Waals surface area contributed by atoms with Crippen LogP contribution in [0.3, 0.4) is 0 Å². The highest BCUT2D eigenvalue weighted by Crippen LogP contribution is 2.37. The first-order chi connectivity index (χ1) is 7.90. The van der Waals surface area contributed by atoms with Crippen molar-refractivity contribution in [1.82, 2.24) is 5.32 Å². The largest absolute Gasteiger partial charge is 0.493 e. The van der Waals surface area contributed by atoms with Gasteiger partial charge in [0.25, 0.3) is 0 Å². The monoisotopic (exact) mass is 213 g/mol. The van der Waals surface area contributed by atoms with E-state index in [0.29, 0.717) is 6.04 Å². The Kier molecular flexibility index (Phi) is 2.29. The van der Waals surface area contributed by atoms with Gasteiger partial charge in [-0.3, -0.25) is 0 Å². The molecule has 0 saturated heterocycles. The van der Waals surface area contributed by atoms with Gasteiger partial charge in [-0.2, -0.15) is 0 Å². The molecule has 1 heterocycles. The van der Waals surface area contributed by atoms with Crippen LogP contribution in [0, 0.1) is 0 Å². The molecule has 3 rings (SSSR count). The van der Waals surface area contributed by atoms with E-state index >= 15 is 0 Å². The number of benzene rings is 2. The predicted molar refractivity (Wildman–Crippen MR) is 65.9 cm³/mol. The zero-order chi connectivity index (χ0) is 11.0. The molecule has 1 aliphatic heterocycles. The van der Waals surface area contributed by atoms with Crippen LogP contribution >= 0.6 is 0 Å². The van der Waals surface area contributed by atoms with E-state index in [2.05, 4.69) is 41.7 Å². The van der Waals surface area contributed by atoms with Gasteiger partial charge in [0, 0.05) is 23.4 Å². The third-order valence-corrected chi connectivity index (χ3v) is 3.29. The predicted octanol–water partition coefficient (Wildman–Crippen LogP) is 2.88. The lowest BCUT2D eigenvalue weighted by Gasteiger charge is -2.26. The lowest BCUT2D eigenvalue weighted by molar-refractivity contribution is 0.261. The Bertz CT molecular complexity index is 521. The average Bonchev–Trinajstić information content (AvgIpc) is 2.37. The summed E-state index contributed by atoms with van der Waals surface area (Å²) in [6.07, 6.45) is 1.04. The highest BCUT2D eigenvalue weighted by Gasteiger charge is 2.21. The first-order valence-electron chi connectivity index (χ1n) is 5.72. The van der Waals surface area contributed by atoms with Crippen LogP contribution in [0.5, 0.6) is 5.75 Å². The Morgan fingerprint density at radius 1 is 1.19 bits per heavy atom. The summed E-state index contributed by atoms with van der Waals surface area (Å²) in [7, 11) is 2.01. The van der Waals surface area contributed by atoms with E-state index in [4.69, 9.17) is 4.74 Å². The van der Waals surface area contributed by atoms with Crippen LogP contribution in [-0.4, -0.2) is 13.7 Å². The number of hydrogen-bond donors (Lipinski definition) is 1. The van der Waals surface area contributed by atoms with Crippen LogP contribution in [0.25, 0.3) is 10.8 Å². The second-order valence-electron chi connectivity index (χ2n) is 4.18. The summed E-state index contributed by atoms with van der Waals surface area (Å²) < 4.78 is 5.83. The summed E-state index contributed by atoms with van der Waals surface area (Å²) in [5.74, 6) is 1.06. The maximum absolute atomic E-state index is 5.83. The van der Waals surface area contributed by atoms with E-state index in [0.717, 1.165) is 18.8 Å². The van der Waals surface area contributed by atoms with Crippen molar-refractivity contribution in [2.75, 3.05) is 13.7 Å². The van der Waals surface area contributed by atoms with E-state index in [9.17, 15) is 0 Å². The van der Waals surface area contributed by atoms with E-state index in [1.54, 1.807) is 0 Å². The Hall–Kier alpha value is -1.54. The fourth-order valence-corrected chi connectivity index (χ4v) is 2.43. The maximum Gasteiger partial charge on any atom is 0.131 e. The van der Waals surface area contributed by atoms with Crippen LogP contribution in [0.1, 0.15) is 18.0 Å². The van der Waals surface area contributed by atoms with Gasteiger partial charge in [0.2, 0.25) is 0 Å². The summed E-state index contributed by atoms with van der Waals surface area (Å²) in [4.78, 5) is 0. The minimum atomic E-state index is 0.424. The molecule has 0 aliphatic carbocycles. The minimum Gasteiger partial charge on any atom is -0.493 e. The Morgan fingerprint density at radius 2 is 2.06 bits per heavy atom. The third-order valence-electron chi connectivity index (χ3n) is 3.29. The van der Waals surface area contributed by atoms with E-state index in [-0.39, 0.29) is 0 Å². The maximum atomic E-state index is 5.83. The lowest BCUT2D eigenvalue weighted by atomic mass is 9.96. The molecule has 0 amide bonds. The summed E-state index contributed by atoms with van der Waals surface area (Å²) in [6, 6.07) is 13.2. The van der Waals surface area contributed by atoms with Gasteiger partial charge in [0.1, 0.15) is 5.75 Å². The van der Waals surface area contributed by atoms with Crippen molar-refractivity contribution < 1.29 is 4.74 Å². The molecule has 1 unspecified atom stereocenters. The highest BCUT2D eigenvalue weighted by atomic mass is 16.5. The molecule has 16 heavy (non-hydrogen) atoms. The molecule has 0 spiro atoms. The summed E-state index contributed by atoms with van der Waals surface area (Å²) in [5.41, 5.74) is 1.28. The van der Waals surface area contributed by atoms with Crippen molar-refractivity contribution >= 4 is 10.8 Å². The molecule has 1 N–H and O–H groups in total. The standard InChI is InChI=1S/C14H15NO/c1-15-13-8-9-16-14-11-5-3-2-4-10(11)6-7-12(13)14/h2-7,13,15H,8-9H2,1H3. The first kappa shape index (κ1) is 9.67. The third kappa shape index (κ3) is 1.38. The Labute approximate surface area is 95.2 Å². The second kappa shape index (κ2) is 3.80. The number of rotatable bonds is 1. The number of nitrogens with one attached hydrogen (secondary N) is 1. The molecule has 0 radical (unpaired) electrons. The van der Waals surface area contributed by atoms with Gasteiger partial charge in [0.15, 0.2) is 0 Å². The van der Waals surface area contributed by atoms with Gasteiger partial charge in [-0.25, -0.2) is 0 Å². The van der Waals surface area contributed by atoms with Gasteiger partial charge < -0.3 is 10.1 Å². The average molecular weight is 213 g/mol. The van der Waals surface area contributed by atoms with Gasteiger partial charge >= 0.3 is 0 Å². The normalized spacial score (nSPS) is 19.2. The molecule has 0 fully saturated rings. The molecule has 1 aliphatic rings. The Morgan fingerprint density at radius 3 is 2.94 bits per heavy atom. The molecular weight excluding hydrogens is 198 g/mol. The van der Waals surface area contributed by atoms with E-state index < -0.39 is 0 Å². The van der Waals surface area contributed by atoms with Crippen LogP contribution in [0.2, 0.25) is 0 Å². The zero-order valence-corrected chi connectivity index (χ0v) is 9.36. The van der Waals surface area contributed by atoms with Crippen LogP contribution in [0.4, 0.5) is 0 Å². The van der Waals surface area contributed by atoms with Gasteiger partial charge in [0.05, 0.1) is 6.61 Å². The smallest absolute Gasteiger partial charge is 0.131 e. The molecule has 0 aromatic heterocycles. The van der Waals surface area contributed by atoms with Gasteiger partial charge in [-0.15, -0.1) is 0 Å². The van der Waals surface area contributed by atoms with Crippen molar-refractivity contribution in [3.05, 3.63) is 42.0 Å². The fourth-order valence-electron chi connectivity index (χ4n) is 2.43.